The summed E-state index contributed by atoms with van der Waals surface area (Å²) >= 11 is 0. The van der Waals surface area contributed by atoms with E-state index in [1.165, 1.54) is 12.1 Å². The fourth-order valence-electron chi connectivity index (χ4n) is 2.23. The van der Waals surface area contributed by atoms with Crippen LogP contribution in [-0.2, 0) is 9.59 Å². The molecule has 0 aliphatic heterocycles. The molecular formula is C16H21FN2O2. The van der Waals surface area contributed by atoms with Gasteiger partial charge in [-0.15, -0.1) is 0 Å². The van der Waals surface area contributed by atoms with Gasteiger partial charge in [-0.3, -0.25) is 9.59 Å². The first-order valence-corrected chi connectivity index (χ1v) is 7.44. The Hall–Kier alpha value is -1.91. The van der Waals surface area contributed by atoms with Crippen LogP contribution >= 0.6 is 0 Å². The average Bonchev–Trinajstić information content (AvgIpc) is 3.27. The largest absolute Gasteiger partial charge is 0.355 e. The predicted octanol–water partition coefficient (Wildman–Crippen LogP) is 2.85. The molecule has 1 aliphatic carbocycles. The summed E-state index contributed by atoms with van der Waals surface area (Å²) in [5, 5.41) is 5.33. The average molecular weight is 292 g/mol. The first-order chi connectivity index (χ1) is 10.1. The van der Waals surface area contributed by atoms with Crippen molar-refractivity contribution in [2.24, 2.45) is 5.41 Å². The molecule has 0 unspecified atom stereocenters. The molecule has 0 aromatic heterocycles. The van der Waals surface area contributed by atoms with Crippen molar-refractivity contribution in [2.75, 3.05) is 11.9 Å². The van der Waals surface area contributed by atoms with Gasteiger partial charge in [0.2, 0.25) is 11.8 Å². The van der Waals surface area contributed by atoms with Crippen LogP contribution in [-0.4, -0.2) is 18.4 Å². The fraction of sp³-hybridized carbons (Fsp3) is 0.500. The number of nitrogens with one attached hydrogen (secondary N) is 2. The van der Waals surface area contributed by atoms with Crippen molar-refractivity contribution in [3.05, 3.63) is 30.1 Å². The molecule has 5 heteroatoms. The number of anilines is 1. The van der Waals surface area contributed by atoms with Crippen molar-refractivity contribution in [2.45, 2.75) is 39.0 Å². The highest BCUT2D eigenvalue weighted by Crippen LogP contribution is 2.46. The second-order valence-corrected chi connectivity index (χ2v) is 5.48. The second kappa shape index (κ2) is 6.70. The van der Waals surface area contributed by atoms with Crippen LogP contribution in [0, 0.1) is 11.2 Å². The number of rotatable bonds is 7. The highest BCUT2D eigenvalue weighted by atomic mass is 19.1. The molecule has 2 rings (SSSR count). The Balaban J connectivity index is 1.92. The van der Waals surface area contributed by atoms with Gasteiger partial charge in [0.15, 0.2) is 0 Å². The third kappa shape index (κ3) is 3.60. The molecule has 1 fully saturated rings. The fourth-order valence-corrected chi connectivity index (χ4v) is 2.23. The zero-order valence-electron chi connectivity index (χ0n) is 12.2. The molecule has 2 N–H and O–H groups in total. The number of unbranched alkanes of at least 4 members (excludes halogenated alkanes) is 2. The van der Waals surface area contributed by atoms with E-state index in [1.54, 1.807) is 12.1 Å². The lowest BCUT2D eigenvalue weighted by Crippen LogP contribution is -2.40. The van der Waals surface area contributed by atoms with Crippen LogP contribution in [0.1, 0.15) is 39.0 Å². The lowest BCUT2D eigenvalue weighted by molar-refractivity contribution is -0.134. The minimum atomic E-state index is -1.01. The van der Waals surface area contributed by atoms with Crippen molar-refractivity contribution in [1.82, 2.24) is 5.32 Å². The van der Waals surface area contributed by atoms with Gasteiger partial charge in [-0.1, -0.05) is 31.9 Å². The Kier molecular flexibility index (Phi) is 4.94. The van der Waals surface area contributed by atoms with E-state index in [2.05, 4.69) is 17.6 Å². The minimum Gasteiger partial charge on any atom is -0.355 e. The molecule has 0 heterocycles. The smallest absolute Gasteiger partial charge is 0.240 e. The van der Waals surface area contributed by atoms with Gasteiger partial charge in [0.25, 0.3) is 0 Å². The van der Waals surface area contributed by atoms with Crippen LogP contribution in [0.2, 0.25) is 0 Å². The Morgan fingerprint density at radius 2 is 1.90 bits per heavy atom. The summed E-state index contributed by atoms with van der Waals surface area (Å²) in [6.45, 7) is 2.67. The molecule has 1 aromatic rings. The van der Waals surface area contributed by atoms with E-state index in [0.717, 1.165) is 19.3 Å². The third-order valence-electron chi connectivity index (χ3n) is 3.81. The Morgan fingerprint density at radius 3 is 2.52 bits per heavy atom. The molecule has 1 aliphatic rings. The monoisotopic (exact) mass is 292 g/mol. The SMILES string of the molecule is CCCCCNC(=O)C1(C(=O)Nc2ccccc2F)CC1. The molecule has 1 saturated carbocycles. The van der Waals surface area contributed by atoms with E-state index in [9.17, 15) is 14.0 Å². The zero-order valence-corrected chi connectivity index (χ0v) is 12.2. The van der Waals surface area contributed by atoms with E-state index < -0.39 is 17.1 Å². The predicted molar refractivity (Wildman–Crippen MR) is 79.2 cm³/mol. The summed E-state index contributed by atoms with van der Waals surface area (Å²) in [5.74, 6) is -1.15. The minimum absolute atomic E-state index is 0.118. The molecule has 4 nitrogen and oxygen atoms in total. The highest BCUT2D eigenvalue weighted by molar-refractivity contribution is 6.13. The molecule has 2 amide bonds. The number of carbonyl (C=O) groups excluding carboxylic acids is 2. The second-order valence-electron chi connectivity index (χ2n) is 5.48. The Morgan fingerprint density at radius 1 is 1.19 bits per heavy atom. The summed E-state index contributed by atoms with van der Waals surface area (Å²) in [5.41, 5.74) is -0.887. The molecule has 114 valence electrons. The standard InChI is InChI=1S/C16H21FN2O2/c1-2-3-6-11-18-14(20)16(9-10-16)15(21)19-13-8-5-4-7-12(13)17/h4-5,7-8H,2-3,6,9-11H2,1H3,(H,18,20)(H,19,21). The summed E-state index contributed by atoms with van der Waals surface area (Å²) in [6, 6.07) is 5.96. The van der Waals surface area contributed by atoms with E-state index >= 15 is 0 Å². The van der Waals surface area contributed by atoms with Crippen LogP contribution < -0.4 is 10.6 Å². The van der Waals surface area contributed by atoms with E-state index in [0.29, 0.717) is 19.4 Å². The van der Waals surface area contributed by atoms with Gasteiger partial charge in [0, 0.05) is 6.54 Å². The summed E-state index contributed by atoms with van der Waals surface area (Å²) in [4.78, 5) is 24.4. The third-order valence-corrected chi connectivity index (χ3v) is 3.81. The quantitative estimate of drug-likeness (QED) is 0.599. The van der Waals surface area contributed by atoms with Gasteiger partial charge in [-0.25, -0.2) is 4.39 Å². The molecular weight excluding hydrogens is 271 g/mol. The van der Waals surface area contributed by atoms with Crippen molar-refractivity contribution in [1.29, 1.82) is 0 Å². The molecule has 0 saturated heterocycles. The lowest BCUT2D eigenvalue weighted by Gasteiger charge is -2.15. The molecule has 1 aromatic carbocycles. The lowest BCUT2D eigenvalue weighted by atomic mass is 10.0. The summed E-state index contributed by atoms with van der Waals surface area (Å²) in [6.07, 6.45) is 4.08. The van der Waals surface area contributed by atoms with Crippen LogP contribution in [0.3, 0.4) is 0 Å². The number of hydrogen-bond donors (Lipinski definition) is 2. The normalized spacial score (nSPS) is 15.3. The van der Waals surface area contributed by atoms with Gasteiger partial charge in [-0.05, 0) is 31.4 Å². The van der Waals surface area contributed by atoms with Crippen molar-refractivity contribution in [3.8, 4) is 0 Å². The van der Waals surface area contributed by atoms with Crippen LogP contribution in [0.25, 0.3) is 0 Å². The number of carbonyl (C=O) groups is 2. The number of amides is 2. The molecule has 0 atom stereocenters. The number of halogens is 1. The zero-order chi connectivity index (χ0) is 15.3. The van der Waals surface area contributed by atoms with Crippen LogP contribution in [0.15, 0.2) is 24.3 Å². The Bertz CT molecular complexity index is 527. The maximum absolute atomic E-state index is 13.5. The highest BCUT2D eigenvalue weighted by Gasteiger charge is 2.56. The van der Waals surface area contributed by atoms with Crippen molar-refractivity contribution >= 4 is 17.5 Å². The summed E-state index contributed by atoms with van der Waals surface area (Å²) < 4.78 is 13.5. The first kappa shape index (κ1) is 15.5. The topological polar surface area (TPSA) is 58.2 Å². The number of para-hydroxylation sites is 1. The number of hydrogen-bond acceptors (Lipinski definition) is 2. The number of benzene rings is 1. The van der Waals surface area contributed by atoms with Gasteiger partial charge in [-0.2, -0.15) is 0 Å². The molecule has 0 spiro atoms. The molecule has 0 bridgehead atoms. The molecule has 0 radical (unpaired) electrons. The van der Waals surface area contributed by atoms with Crippen LogP contribution in [0.5, 0.6) is 0 Å². The van der Waals surface area contributed by atoms with Crippen molar-refractivity contribution in [3.63, 3.8) is 0 Å². The van der Waals surface area contributed by atoms with Crippen LogP contribution in [0.4, 0.5) is 10.1 Å². The maximum atomic E-state index is 13.5. The molecule has 21 heavy (non-hydrogen) atoms. The van der Waals surface area contributed by atoms with Crippen molar-refractivity contribution < 1.29 is 14.0 Å². The van der Waals surface area contributed by atoms with E-state index in [-0.39, 0.29) is 11.6 Å². The van der Waals surface area contributed by atoms with Gasteiger partial charge < -0.3 is 10.6 Å². The first-order valence-electron chi connectivity index (χ1n) is 7.44. The van der Waals surface area contributed by atoms with E-state index in [4.69, 9.17) is 0 Å². The van der Waals surface area contributed by atoms with Gasteiger partial charge >= 0.3 is 0 Å². The summed E-state index contributed by atoms with van der Waals surface area (Å²) in [7, 11) is 0. The maximum Gasteiger partial charge on any atom is 0.240 e. The Labute approximate surface area is 124 Å². The van der Waals surface area contributed by atoms with E-state index in [1.807, 2.05) is 0 Å². The van der Waals surface area contributed by atoms with Gasteiger partial charge in [0.05, 0.1) is 5.69 Å². The van der Waals surface area contributed by atoms with Gasteiger partial charge in [0.1, 0.15) is 11.2 Å².